The van der Waals surface area contributed by atoms with E-state index in [0.29, 0.717) is 8.95 Å². The molecular weight excluding hydrogens is 378 g/mol. The molecule has 2 rings (SSSR count). The van der Waals surface area contributed by atoms with Gasteiger partial charge in [0.2, 0.25) is 5.91 Å². The van der Waals surface area contributed by atoms with E-state index < -0.39 is 0 Å². The van der Waals surface area contributed by atoms with Gasteiger partial charge in [-0.05, 0) is 44.7 Å². The van der Waals surface area contributed by atoms with Crippen molar-refractivity contribution < 1.29 is 4.79 Å². The Morgan fingerprint density at radius 2 is 2.05 bits per heavy atom. The largest absolute Gasteiger partial charge is 0.352 e. The lowest BCUT2D eigenvalue weighted by atomic mass is 9.95. The molecule has 0 radical (unpaired) electrons. The number of aromatic nitrogens is 2. The smallest absolute Gasteiger partial charge is 0.282 e. The molecule has 0 saturated heterocycles. The highest BCUT2D eigenvalue weighted by Gasteiger charge is 2.17. The van der Waals surface area contributed by atoms with Gasteiger partial charge in [-0.2, -0.15) is 5.10 Å². The second kappa shape index (κ2) is 6.65. The minimum absolute atomic E-state index is 0.0405. The number of hydrogen-bond acceptors (Lipinski definition) is 3. The minimum atomic E-state index is -0.312. The fourth-order valence-electron chi connectivity index (χ4n) is 2.21. The van der Waals surface area contributed by atoms with Crippen LogP contribution in [0.15, 0.2) is 19.9 Å². The van der Waals surface area contributed by atoms with Crippen molar-refractivity contribution in [3.63, 3.8) is 0 Å². The summed E-state index contributed by atoms with van der Waals surface area (Å²) in [6.45, 7) is -0.0405. The normalized spacial score (nSPS) is 16.3. The summed E-state index contributed by atoms with van der Waals surface area (Å²) < 4.78 is 2.13. The van der Waals surface area contributed by atoms with E-state index in [0.717, 1.165) is 30.4 Å². The Labute approximate surface area is 128 Å². The number of halogens is 2. The Morgan fingerprint density at radius 1 is 1.37 bits per heavy atom. The Morgan fingerprint density at radius 3 is 2.74 bits per heavy atom. The molecule has 0 spiro atoms. The fraction of sp³-hybridized carbons (Fsp3) is 0.583. The van der Waals surface area contributed by atoms with Crippen molar-refractivity contribution >= 4 is 37.8 Å². The Bertz CT molecular complexity index is 524. The molecule has 0 aliphatic heterocycles. The summed E-state index contributed by atoms with van der Waals surface area (Å²) in [5.41, 5.74) is -0.312. The molecule has 0 bridgehead atoms. The van der Waals surface area contributed by atoms with Gasteiger partial charge in [0.25, 0.3) is 5.56 Å². The maximum Gasteiger partial charge on any atom is 0.282 e. The molecule has 7 heteroatoms. The molecule has 1 fully saturated rings. The summed E-state index contributed by atoms with van der Waals surface area (Å²) in [4.78, 5) is 23.8. The van der Waals surface area contributed by atoms with E-state index in [1.165, 1.54) is 12.6 Å². The molecule has 0 unspecified atom stereocenters. The summed E-state index contributed by atoms with van der Waals surface area (Å²) in [5.74, 6) is -0.157. The second-order valence-corrected chi connectivity index (χ2v) is 6.32. The summed E-state index contributed by atoms with van der Waals surface area (Å²) in [7, 11) is 0. The van der Waals surface area contributed by atoms with Crippen molar-refractivity contribution in [1.29, 1.82) is 0 Å². The number of rotatable bonds is 3. The first-order valence-electron chi connectivity index (χ1n) is 6.28. The van der Waals surface area contributed by atoms with Gasteiger partial charge >= 0.3 is 0 Å². The number of amides is 1. The zero-order valence-electron chi connectivity index (χ0n) is 10.4. The van der Waals surface area contributed by atoms with Gasteiger partial charge in [-0.25, -0.2) is 4.68 Å². The van der Waals surface area contributed by atoms with Crippen molar-refractivity contribution in [2.45, 2.75) is 44.7 Å². The van der Waals surface area contributed by atoms with Crippen LogP contribution in [0.5, 0.6) is 0 Å². The molecular formula is C12H15Br2N3O2. The number of hydrogen-bond donors (Lipinski definition) is 1. The molecule has 1 aliphatic carbocycles. The van der Waals surface area contributed by atoms with Crippen molar-refractivity contribution in [1.82, 2.24) is 15.1 Å². The molecule has 1 amide bonds. The molecule has 0 atom stereocenters. The minimum Gasteiger partial charge on any atom is -0.352 e. The fourth-order valence-corrected chi connectivity index (χ4v) is 2.78. The van der Waals surface area contributed by atoms with E-state index in [4.69, 9.17) is 0 Å². The van der Waals surface area contributed by atoms with Crippen LogP contribution in [-0.2, 0) is 11.3 Å². The van der Waals surface area contributed by atoms with Gasteiger partial charge in [0.1, 0.15) is 11.0 Å². The third-order valence-electron chi connectivity index (χ3n) is 3.21. The lowest BCUT2D eigenvalue weighted by Crippen LogP contribution is -2.40. The molecule has 1 aromatic heterocycles. The predicted molar refractivity (Wildman–Crippen MR) is 78.9 cm³/mol. The average molecular weight is 393 g/mol. The van der Waals surface area contributed by atoms with Crippen molar-refractivity contribution in [2.75, 3.05) is 0 Å². The molecule has 1 aromatic rings. The van der Waals surface area contributed by atoms with E-state index in [1.807, 2.05) is 0 Å². The van der Waals surface area contributed by atoms with Crippen molar-refractivity contribution in [2.24, 2.45) is 0 Å². The standard InChI is InChI=1S/C12H15Br2N3O2/c13-9-6-15-17(12(19)11(9)14)7-10(18)16-8-4-2-1-3-5-8/h6,8H,1-5,7H2,(H,16,18). The van der Waals surface area contributed by atoms with Gasteiger partial charge < -0.3 is 5.32 Å². The van der Waals surface area contributed by atoms with Gasteiger partial charge in [-0.3, -0.25) is 9.59 Å². The molecule has 5 nitrogen and oxygen atoms in total. The van der Waals surface area contributed by atoms with E-state index in [2.05, 4.69) is 42.3 Å². The van der Waals surface area contributed by atoms with Crippen LogP contribution >= 0.6 is 31.9 Å². The van der Waals surface area contributed by atoms with Crippen LogP contribution in [0.4, 0.5) is 0 Å². The predicted octanol–water partition coefficient (Wildman–Crippen LogP) is 2.22. The molecule has 1 N–H and O–H groups in total. The van der Waals surface area contributed by atoms with Crippen LogP contribution in [0.2, 0.25) is 0 Å². The third kappa shape index (κ3) is 3.89. The molecule has 19 heavy (non-hydrogen) atoms. The van der Waals surface area contributed by atoms with Crippen molar-refractivity contribution in [3.05, 3.63) is 25.5 Å². The summed E-state index contributed by atoms with van der Waals surface area (Å²) in [6.07, 6.45) is 7.11. The highest BCUT2D eigenvalue weighted by molar-refractivity contribution is 9.13. The summed E-state index contributed by atoms with van der Waals surface area (Å²) in [6, 6.07) is 0.246. The molecule has 1 aliphatic rings. The first-order chi connectivity index (χ1) is 9.08. The lowest BCUT2D eigenvalue weighted by molar-refractivity contribution is -0.122. The van der Waals surface area contributed by atoms with Crippen LogP contribution < -0.4 is 10.9 Å². The van der Waals surface area contributed by atoms with Crippen LogP contribution in [0.25, 0.3) is 0 Å². The molecule has 1 heterocycles. The van der Waals surface area contributed by atoms with E-state index in [-0.39, 0.29) is 24.1 Å². The highest BCUT2D eigenvalue weighted by atomic mass is 79.9. The van der Waals surface area contributed by atoms with E-state index >= 15 is 0 Å². The Hall–Kier alpha value is -0.690. The van der Waals surface area contributed by atoms with Crippen LogP contribution in [0, 0.1) is 0 Å². The zero-order chi connectivity index (χ0) is 13.8. The van der Waals surface area contributed by atoms with Gasteiger partial charge in [-0.15, -0.1) is 0 Å². The zero-order valence-corrected chi connectivity index (χ0v) is 13.5. The Kier molecular flexibility index (Phi) is 5.15. The SMILES string of the molecule is O=C(Cn1ncc(Br)c(Br)c1=O)NC1CCCCC1. The number of carbonyl (C=O) groups excluding carboxylic acids is 1. The van der Waals surface area contributed by atoms with Crippen LogP contribution in [0.1, 0.15) is 32.1 Å². The highest BCUT2D eigenvalue weighted by Crippen LogP contribution is 2.18. The van der Waals surface area contributed by atoms with Crippen LogP contribution in [0.3, 0.4) is 0 Å². The summed E-state index contributed by atoms with van der Waals surface area (Å²) >= 11 is 6.37. The van der Waals surface area contributed by atoms with E-state index in [9.17, 15) is 9.59 Å². The monoisotopic (exact) mass is 391 g/mol. The quantitative estimate of drug-likeness (QED) is 0.857. The molecule has 104 valence electrons. The maximum absolute atomic E-state index is 11.9. The van der Waals surface area contributed by atoms with E-state index in [1.54, 1.807) is 0 Å². The Balaban J connectivity index is 1.99. The third-order valence-corrected chi connectivity index (χ3v) is 5.11. The summed E-state index contributed by atoms with van der Waals surface area (Å²) in [5, 5.41) is 6.90. The first-order valence-corrected chi connectivity index (χ1v) is 7.87. The second-order valence-electron chi connectivity index (χ2n) is 4.67. The van der Waals surface area contributed by atoms with Gasteiger partial charge in [0, 0.05) is 6.04 Å². The number of nitrogens with zero attached hydrogens (tertiary/aromatic N) is 2. The first kappa shape index (κ1) is 14.7. The molecule has 1 saturated carbocycles. The van der Waals surface area contributed by atoms with Crippen LogP contribution in [-0.4, -0.2) is 21.7 Å². The number of carbonyl (C=O) groups is 1. The number of nitrogens with one attached hydrogen (secondary N) is 1. The van der Waals surface area contributed by atoms with Gasteiger partial charge in [0.15, 0.2) is 0 Å². The topological polar surface area (TPSA) is 64.0 Å². The maximum atomic E-state index is 11.9. The van der Waals surface area contributed by atoms with Gasteiger partial charge in [-0.1, -0.05) is 19.3 Å². The average Bonchev–Trinajstić information content (AvgIpc) is 2.41. The van der Waals surface area contributed by atoms with Gasteiger partial charge in [0.05, 0.1) is 10.7 Å². The molecule has 0 aromatic carbocycles. The lowest BCUT2D eigenvalue weighted by Gasteiger charge is -2.22. The van der Waals surface area contributed by atoms with Crippen molar-refractivity contribution in [3.8, 4) is 0 Å².